The SMILES string of the molecule is CCCCOC(C)c1cc(F)ccc1C=O. The van der Waals surface area contributed by atoms with E-state index in [4.69, 9.17) is 4.74 Å². The van der Waals surface area contributed by atoms with Crippen LogP contribution in [0.15, 0.2) is 18.2 Å². The van der Waals surface area contributed by atoms with Gasteiger partial charge in [-0.25, -0.2) is 4.39 Å². The topological polar surface area (TPSA) is 26.3 Å². The van der Waals surface area contributed by atoms with Crippen LogP contribution in [0, 0.1) is 5.82 Å². The van der Waals surface area contributed by atoms with Crippen LogP contribution in [0.25, 0.3) is 0 Å². The molecule has 0 aliphatic heterocycles. The average Bonchev–Trinajstić information content (AvgIpc) is 2.29. The quantitative estimate of drug-likeness (QED) is 0.546. The molecule has 1 atom stereocenters. The number of carbonyl (C=O) groups is 1. The van der Waals surface area contributed by atoms with E-state index >= 15 is 0 Å². The minimum absolute atomic E-state index is 0.248. The molecule has 3 heteroatoms. The van der Waals surface area contributed by atoms with Gasteiger partial charge in [0.15, 0.2) is 0 Å². The normalized spacial score (nSPS) is 12.4. The molecule has 0 amide bonds. The van der Waals surface area contributed by atoms with Gasteiger partial charge in [-0.2, -0.15) is 0 Å². The van der Waals surface area contributed by atoms with Crippen molar-refractivity contribution in [2.75, 3.05) is 6.61 Å². The molecule has 0 saturated carbocycles. The molecule has 0 aromatic heterocycles. The van der Waals surface area contributed by atoms with Gasteiger partial charge >= 0.3 is 0 Å². The lowest BCUT2D eigenvalue weighted by molar-refractivity contribution is 0.0627. The Labute approximate surface area is 95.4 Å². The molecule has 1 aromatic rings. The number of ether oxygens (including phenoxy) is 1. The number of benzene rings is 1. The number of rotatable bonds is 6. The van der Waals surface area contributed by atoms with Crippen molar-refractivity contribution in [1.82, 2.24) is 0 Å². The van der Waals surface area contributed by atoms with Gasteiger partial charge in [0.2, 0.25) is 0 Å². The summed E-state index contributed by atoms with van der Waals surface area (Å²) < 4.78 is 18.6. The first-order valence-corrected chi connectivity index (χ1v) is 5.55. The predicted octanol–water partition coefficient (Wildman–Crippen LogP) is 3.52. The van der Waals surface area contributed by atoms with Crippen molar-refractivity contribution >= 4 is 6.29 Å². The molecule has 1 aromatic carbocycles. The summed E-state index contributed by atoms with van der Waals surface area (Å²) in [6.07, 6.45) is 2.50. The van der Waals surface area contributed by atoms with Crippen LogP contribution in [0.4, 0.5) is 4.39 Å². The number of carbonyl (C=O) groups excluding carboxylic acids is 1. The Morgan fingerprint density at radius 2 is 2.25 bits per heavy atom. The van der Waals surface area contributed by atoms with Gasteiger partial charge in [0.05, 0.1) is 6.10 Å². The molecule has 0 N–H and O–H groups in total. The summed E-state index contributed by atoms with van der Waals surface area (Å²) in [5, 5.41) is 0. The van der Waals surface area contributed by atoms with Gasteiger partial charge < -0.3 is 4.74 Å². The molecule has 16 heavy (non-hydrogen) atoms. The van der Waals surface area contributed by atoms with E-state index in [0.717, 1.165) is 19.1 Å². The summed E-state index contributed by atoms with van der Waals surface area (Å²) in [5.41, 5.74) is 1.11. The molecule has 0 radical (unpaired) electrons. The molecule has 1 rings (SSSR count). The summed E-state index contributed by atoms with van der Waals surface area (Å²) in [5.74, 6) is -0.341. The molecular formula is C13H17FO2. The summed E-state index contributed by atoms with van der Waals surface area (Å²) in [7, 11) is 0. The van der Waals surface area contributed by atoms with Gasteiger partial charge in [-0.05, 0) is 37.1 Å². The maximum atomic E-state index is 13.1. The molecule has 0 heterocycles. The molecule has 0 saturated heterocycles. The van der Waals surface area contributed by atoms with E-state index in [-0.39, 0.29) is 11.9 Å². The molecule has 0 aliphatic carbocycles. The lowest BCUT2D eigenvalue weighted by Gasteiger charge is -2.15. The number of halogens is 1. The Morgan fingerprint density at radius 3 is 2.88 bits per heavy atom. The second kappa shape index (κ2) is 6.38. The van der Waals surface area contributed by atoms with E-state index < -0.39 is 0 Å². The van der Waals surface area contributed by atoms with Crippen LogP contribution in [0.1, 0.15) is 48.7 Å². The predicted molar refractivity (Wildman–Crippen MR) is 61.1 cm³/mol. The molecule has 0 fully saturated rings. The van der Waals surface area contributed by atoms with Gasteiger partial charge in [-0.3, -0.25) is 4.79 Å². The van der Waals surface area contributed by atoms with Crippen molar-refractivity contribution in [2.24, 2.45) is 0 Å². The average molecular weight is 224 g/mol. The van der Waals surface area contributed by atoms with Crippen LogP contribution >= 0.6 is 0 Å². The van der Waals surface area contributed by atoms with Crippen LogP contribution in [0.2, 0.25) is 0 Å². The van der Waals surface area contributed by atoms with E-state index in [1.54, 1.807) is 0 Å². The Morgan fingerprint density at radius 1 is 1.50 bits per heavy atom. The fraction of sp³-hybridized carbons (Fsp3) is 0.462. The zero-order valence-corrected chi connectivity index (χ0v) is 9.70. The lowest BCUT2D eigenvalue weighted by atomic mass is 10.0. The summed E-state index contributed by atoms with van der Waals surface area (Å²) in [4.78, 5) is 10.8. The first-order chi connectivity index (χ1) is 7.69. The third-order valence-electron chi connectivity index (χ3n) is 2.48. The highest BCUT2D eigenvalue weighted by molar-refractivity contribution is 5.77. The first-order valence-electron chi connectivity index (χ1n) is 5.55. The Balaban J connectivity index is 2.76. The van der Waals surface area contributed by atoms with Gasteiger partial charge in [-0.1, -0.05) is 13.3 Å². The number of hydrogen-bond donors (Lipinski definition) is 0. The van der Waals surface area contributed by atoms with Crippen LogP contribution in [-0.4, -0.2) is 12.9 Å². The van der Waals surface area contributed by atoms with E-state index in [1.807, 2.05) is 6.92 Å². The first kappa shape index (κ1) is 12.8. The van der Waals surface area contributed by atoms with E-state index in [9.17, 15) is 9.18 Å². The third kappa shape index (κ3) is 3.42. The van der Waals surface area contributed by atoms with Gasteiger partial charge in [0, 0.05) is 12.2 Å². The highest BCUT2D eigenvalue weighted by Crippen LogP contribution is 2.21. The van der Waals surface area contributed by atoms with Gasteiger partial charge in [-0.15, -0.1) is 0 Å². The van der Waals surface area contributed by atoms with E-state index in [1.165, 1.54) is 18.2 Å². The number of unbranched alkanes of at least 4 members (excludes halogenated alkanes) is 1. The van der Waals surface area contributed by atoms with Crippen molar-refractivity contribution in [3.8, 4) is 0 Å². The van der Waals surface area contributed by atoms with Crippen molar-refractivity contribution in [3.63, 3.8) is 0 Å². The molecule has 1 unspecified atom stereocenters. The molecule has 0 bridgehead atoms. The molecule has 88 valence electrons. The van der Waals surface area contributed by atoms with Crippen molar-refractivity contribution in [1.29, 1.82) is 0 Å². The summed E-state index contributed by atoms with van der Waals surface area (Å²) in [6, 6.07) is 4.13. The maximum absolute atomic E-state index is 13.1. The zero-order chi connectivity index (χ0) is 12.0. The van der Waals surface area contributed by atoms with Crippen LogP contribution in [0.3, 0.4) is 0 Å². The minimum Gasteiger partial charge on any atom is -0.374 e. The van der Waals surface area contributed by atoms with Gasteiger partial charge in [0.25, 0.3) is 0 Å². The van der Waals surface area contributed by atoms with Crippen molar-refractivity contribution in [2.45, 2.75) is 32.8 Å². The summed E-state index contributed by atoms with van der Waals surface area (Å²) >= 11 is 0. The fourth-order valence-electron chi connectivity index (χ4n) is 1.50. The third-order valence-corrected chi connectivity index (χ3v) is 2.48. The highest BCUT2D eigenvalue weighted by Gasteiger charge is 2.11. The molecular weight excluding hydrogens is 207 g/mol. The summed E-state index contributed by atoms with van der Waals surface area (Å²) in [6.45, 7) is 4.54. The van der Waals surface area contributed by atoms with E-state index in [2.05, 4.69) is 6.92 Å². The second-order valence-corrected chi connectivity index (χ2v) is 3.76. The van der Waals surface area contributed by atoms with Crippen LogP contribution < -0.4 is 0 Å². The second-order valence-electron chi connectivity index (χ2n) is 3.76. The number of aldehydes is 1. The van der Waals surface area contributed by atoms with Crippen molar-refractivity contribution in [3.05, 3.63) is 35.1 Å². The van der Waals surface area contributed by atoms with Crippen LogP contribution in [0.5, 0.6) is 0 Å². The monoisotopic (exact) mass is 224 g/mol. The number of hydrogen-bond acceptors (Lipinski definition) is 2. The van der Waals surface area contributed by atoms with Gasteiger partial charge in [0.1, 0.15) is 12.1 Å². The zero-order valence-electron chi connectivity index (χ0n) is 9.70. The van der Waals surface area contributed by atoms with E-state index in [0.29, 0.717) is 17.7 Å². The van der Waals surface area contributed by atoms with Crippen LogP contribution in [-0.2, 0) is 4.74 Å². The maximum Gasteiger partial charge on any atom is 0.150 e. The molecule has 2 nitrogen and oxygen atoms in total. The fourth-order valence-corrected chi connectivity index (χ4v) is 1.50. The lowest BCUT2D eigenvalue weighted by Crippen LogP contribution is -2.05. The Hall–Kier alpha value is -1.22. The largest absolute Gasteiger partial charge is 0.374 e. The van der Waals surface area contributed by atoms with Crippen molar-refractivity contribution < 1.29 is 13.9 Å². The molecule has 0 aliphatic rings. The standard InChI is InChI=1S/C13H17FO2/c1-3-4-7-16-10(2)13-8-12(14)6-5-11(13)9-15/h5-6,8-10H,3-4,7H2,1-2H3. The molecule has 0 spiro atoms. The Bertz CT molecular complexity index is 350. The Kier molecular flexibility index (Phi) is 5.12. The highest BCUT2D eigenvalue weighted by atomic mass is 19.1. The minimum atomic E-state index is -0.341. The smallest absolute Gasteiger partial charge is 0.150 e.